The number of para-hydroxylation sites is 1. The van der Waals surface area contributed by atoms with Gasteiger partial charge in [0.15, 0.2) is 0 Å². The maximum absolute atomic E-state index is 13.9. The minimum absolute atomic E-state index is 0.0391. The van der Waals surface area contributed by atoms with Crippen LogP contribution in [0.1, 0.15) is 44.8 Å². The Balaban J connectivity index is 1.73. The fourth-order valence-electron chi connectivity index (χ4n) is 5.89. The molecule has 8 heteroatoms. The third-order valence-corrected chi connectivity index (χ3v) is 7.63. The van der Waals surface area contributed by atoms with Crippen molar-refractivity contribution in [3.8, 4) is 6.01 Å². The number of hydrogen-bond acceptors (Lipinski definition) is 6. The van der Waals surface area contributed by atoms with Crippen molar-refractivity contribution in [1.82, 2.24) is 15.3 Å². The number of carbonyl (C=O) groups is 2. The van der Waals surface area contributed by atoms with Gasteiger partial charge in [-0.15, -0.1) is 0 Å². The predicted molar refractivity (Wildman–Crippen MR) is 157 cm³/mol. The molecule has 5 rings (SSSR count). The summed E-state index contributed by atoms with van der Waals surface area (Å²) in [4.78, 5) is 37.5. The van der Waals surface area contributed by atoms with Crippen LogP contribution >= 0.6 is 0 Å². The van der Waals surface area contributed by atoms with Crippen molar-refractivity contribution in [2.75, 3.05) is 11.4 Å². The highest BCUT2D eigenvalue weighted by Crippen LogP contribution is 2.42. The first-order chi connectivity index (χ1) is 19.6. The van der Waals surface area contributed by atoms with Gasteiger partial charge in [0.2, 0.25) is 12.0 Å². The molecule has 2 N–H and O–H groups in total. The molecule has 8 nitrogen and oxygen atoms in total. The van der Waals surface area contributed by atoms with Gasteiger partial charge < -0.3 is 14.7 Å². The smallest absolute Gasteiger partial charge is 0.347 e. The Labute approximate surface area is 240 Å². The molecule has 0 radical (unpaired) electrons. The summed E-state index contributed by atoms with van der Waals surface area (Å²) in [6, 6.07) is 22.7. The van der Waals surface area contributed by atoms with Gasteiger partial charge in [-0.2, -0.15) is 0 Å². The third-order valence-electron chi connectivity index (χ3n) is 7.63. The third kappa shape index (κ3) is 5.30. The molecule has 3 aromatic carbocycles. The number of aryl methyl sites for hydroxylation is 5. The number of anilines is 1. The molecule has 1 aliphatic heterocycles. The standard InChI is InChI=1S/C33H34N4O4/c1-20-15-21(2)26(22(3)16-20)19-37-28-14-10-9-13-27(28)33(34-18-29(37)38,25-11-7-6-8-12-25)30(31(39)40)41-32-35-23(4)17-24(5)36-32/h6-17,30,34H,18-19H2,1-5H3,(H,39,40)/t30-,33+/m1/s1. The molecular weight excluding hydrogens is 516 g/mol. The van der Waals surface area contributed by atoms with E-state index in [0.29, 0.717) is 34.7 Å². The van der Waals surface area contributed by atoms with Gasteiger partial charge in [-0.05, 0) is 69.0 Å². The topological polar surface area (TPSA) is 105 Å². The summed E-state index contributed by atoms with van der Waals surface area (Å²) in [6.45, 7) is 9.99. The van der Waals surface area contributed by atoms with E-state index in [2.05, 4.69) is 34.3 Å². The van der Waals surface area contributed by atoms with Crippen LogP contribution in [0.3, 0.4) is 0 Å². The number of fused-ring (bicyclic) bond motifs is 1. The zero-order chi connectivity index (χ0) is 29.3. The van der Waals surface area contributed by atoms with Crippen LogP contribution in [-0.2, 0) is 21.7 Å². The maximum atomic E-state index is 13.9. The van der Waals surface area contributed by atoms with Gasteiger partial charge in [-0.25, -0.2) is 14.8 Å². The molecule has 0 fully saturated rings. The Hall–Kier alpha value is -4.56. The Morgan fingerprint density at radius 1 is 0.951 bits per heavy atom. The number of nitrogens with zero attached hydrogens (tertiary/aromatic N) is 3. The molecule has 0 unspecified atom stereocenters. The van der Waals surface area contributed by atoms with Crippen molar-refractivity contribution in [2.24, 2.45) is 0 Å². The highest BCUT2D eigenvalue weighted by Gasteiger charge is 2.52. The van der Waals surface area contributed by atoms with Gasteiger partial charge in [0.05, 0.1) is 13.1 Å². The second-order valence-corrected chi connectivity index (χ2v) is 10.7. The van der Waals surface area contributed by atoms with Crippen LogP contribution in [0.4, 0.5) is 5.69 Å². The summed E-state index contributed by atoms with van der Waals surface area (Å²) in [6.07, 6.45) is -1.51. The number of benzene rings is 3. The van der Waals surface area contributed by atoms with Gasteiger partial charge >= 0.3 is 12.0 Å². The number of rotatable bonds is 7. The first-order valence-corrected chi connectivity index (χ1v) is 13.6. The van der Waals surface area contributed by atoms with E-state index in [0.717, 1.165) is 22.3 Å². The first kappa shape index (κ1) is 28.0. The van der Waals surface area contributed by atoms with Crippen molar-refractivity contribution >= 4 is 17.6 Å². The van der Waals surface area contributed by atoms with Crippen molar-refractivity contribution in [3.63, 3.8) is 0 Å². The minimum atomic E-state index is -1.51. The SMILES string of the molecule is Cc1cc(C)c(CN2C(=O)CN[C@](c3ccccc3)([C@H](Oc3nc(C)cc(C)n3)C(=O)O)c3ccccc32)c(C)c1. The lowest BCUT2D eigenvalue weighted by Gasteiger charge is -2.39. The van der Waals surface area contributed by atoms with Crippen LogP contribution in [-0.4, -0.2) is 39.6 Å². The first-order valence-electron chi connectivity index (χ1n) is 13.6. The quantitative estimate of drug-likeness (QED) is 0.336. The van der Waals surface area contributed by atoms with Gasteiger partial charge in [0.25, 0.3) is 0 Å². The number of carboxylic acids is 1. The Morgan fingerprint density at radius 2 is 1.56 bits per heavy atom. The van der Waals surface area contributed by atoms with Crippen molar-refractivity contribution in [1.29, 1.82) is 0 Å². The Morgan fingerprint density at radius 3 is 2.20 bits per heavy atom. The van der Waals surface area contributed by atoms with E-state index in [1.54, 1.807) is 24.8 Å². The molecule has 0 bridgehead atoms. The molecule has 2 atom stereocenters. The summed E-state index contributed by atoms with van der Waals surface area (Å²) < 4.78 is 6.17. The largest absolute Gasteiger partial charge is 0.478 e. The van der Waals surface area contributed by atoms with Gasteiger partial charge in [0.1, 0.15) is 5.54 Å². The molecule has 0 aliphatic carbocycles. The lowest BCUT2D eigenvalue weighted by Crippen LogP contribution is -2.58. The number of amides is 1. The second kappa shape index (κ2) is 11.1. The molecule has 41 heavy (non-hydrogen) atoms. The highest BCUT2D eigenvalue weighted by molar-refractivity contribution is 5.97. The second-order valence-electron chi connectivity index (χ2n) is 10.7. The van der Waals surface area contributed by atoms with Crippen LogP contribution in [0, 0.1) is 34.6 Å². The molecule has 0 spiro atoms. The average molecular weight is 551 g/mol. The number of carboxylic acid groups (broad SMARTS) is 1. The fraction of sp³-hybridized carbons (Fsp3) is 0.273. The van der Waals surface area contributed by atoms with E-state index in [1.165, 1.54) is 0 Å². The van der Waals surface area contributed by atoms with Crippen LogP contribution in [0.2, 0.25) is 0 Å². The summed E-state index contributed by atoms with van der Waals surface area (Å²) in [7, 11) is 0. The molecule has 0 saturated carbocycles. The van der Waals surface area contributed by atoms with Crippen LogP contribution in [0.5, 0.6) is 6.01 Å². The zero-order valence-electron chi connectivity index (χ0n) is 23.9. The minimum Gasteiger partial charge on any atom is -0.478 e. The van der Waals surface area contributed by atoms with Crippen molar-refractivity contribution in [3.05, 3.63) is 118 Å². The molecular formula is C33H34N4O4. The number of aromatic nitrogens is 2. The molecule has 1 amide bonds. The van der Waals surface area contributed by atoms with Crippen LogP contribution in [0.25, 0.3) is 0 Å². The zero-order valence-corrected chi connectivity index (χ0v) is 23.9. The van der Waals surface area contributed by atoms with E-state index in [-0.39, 0.29) is 18.5 Å². The fourth-order valence-corrected chi connectivity index (χ4v) is 5.89. The van der Waals surface area contributed by atoms with Crippen LogP contribution < -0.4 is 15.0 Å². The average Bonchev–Trinajstić information content (AvgIpc) is 3.04. The van der Waals surface area contributed by atoms with Crippen molar-refractivity contribution in [2.45, 2.75) is 52.8 Å². The predicted octanol–water partition coefficient (Wildman–Crippen LogP) is 4.93. The molecule has 1 aliphatic rings. The van der Waals surface area contributed by atoms with E-state index < -0.39 is 17.6 Å². The van der Waals surface area contributed by atoms with E-state index in [1.807, 2.05) is 68.4 Å². The number of carbonyl (C=O) groups excluding carboxylic acids is 1. The summed E-state index contributed by atoms with van der Waals surface area (Å²) in [5.41, 5.74) is 6.13. The monoisotopic (exact) mass is 550 g/mol. The lowest BCUT2D eigenvalue weighted by molar-refractivity contribution is -0.149. The molecule has 0 saturated heterocycles. The molecule has 1 aromatic heterocycles. The Kier molecular flexibility index (Phi) is 7.60. The van der Waals surface area contributed by atoms with E-state index in [9.17, 15) is 14.7 Å². The van der Waals surface area contributed by atoms with Gasteiger partial charge in [-0.1, -0.05) is 66.2 Å². The number of nitrogens with one attached hydrogen (secondary N) is 1. The summed E-state index contributed by atoms with van der Waals surface area (Å²) >= 11 is 0. The van der Waals surface area contributed by atoms with Gasteiger partial charge in [-0.3, -0.25) is 10.1 Å². The Bertz CT molecular complexity index is 1580. The van der Waals surface area contributed by atoms with E-state index in [4.69, 9.17) is 4.74 Å². The number of hydrogen-bond donors (Lipinski definition) is 2. The molecule has 4 aromatic rings. The summed E-state index contributed by atoms with van der Waals surface area (Å²) in [5.74, 6) is -1.40. The maximum Gasteiger partial charge on any atom is 0.347 e. The van der Waals surface area contributed by atoms with Crippen molar-refractivity contribution < 1.29 is 19.4 Å². The highest BCUT2D eigenvalue weighted by atomic mass is 16.5. The molecule has 210 valence electrons. The van der Waals surface area contributed by atoms with Crippen LogP contribution in [0.15, 0.2) is 72.8 Å². The number of ether oxygens (including phenoxy) is 1. The summed E-state index contributed by atoms with van der Waals surface area (Å²) in [5, 5.41) is 14.1. The van der Waals surface area contributed by atoms with Gasteiger partial charge in [0, 0.05) is 22.6 Å². The number of aliphatic carboxylic acids is 1. The normalized spacial score (nSPS) is 17.5. The van der Waals surface area contributed by atoms with E-state index >= 15 is 0 Å². The molecule has 2 heterocycles. The lowest BCUT2D eigenvalue weighted by atomic mass is 9.77.